The highest BCUT2D eigenvalue weighted by Gasteiger charge is 2.10. The van der Waals surface area contributed by atoms with Gasteiger partial charge in [0.1, 0.15) is 16.6 Å². The van der Waals surface area contributed by atoms with E-state index in [1.54, 1.807) is 24.5 Å². The van der Waals surface area contributed by atoms with Crippen molar-refractivity contribution in [3.8, 4) is 17.0 Å². The van der Waals surface area contributed by atoms with Gasteiger partial charge in [0.2, 0.25) is 0 Å². The predicted octanol–water partition coefficient (Wildman–Crippen LogP) is 2.68. The number of nitrogens with one attached hydrogen (secondary N) is 1. The third-order valence-electron chi connectivity index (χ3n) is 2.32. The van der Waals surface area contributed by atoms with Crippen LogP contribution in [0.2, 0.25) is 0 Å². The van der Waals surface area contributed by atoms with Crippen LogP contribution in [-0.2, 0) is 6.54 Å². The lowest BCUT2D eigenvalue weighted by atomic mass is 10.1. The number of hydrogen-bond donors (Lipinski definition) is 1. The fourth-order valence-corrected chi connectivity index (χ4v) is 2.35. The summed E-state index contributed by atoms with van der Waals surface area (Å²) in [5.41, 5.74) is 1.43. The highest BCUT2D eigenvalue weighted by molar-refractivity contribution is 7.09. The molecule has 1 aromatic carbocycles. The van der Waals surface area contributed by atoms with Crippen molar-refractivity contribution in [1.29, 1.82) is 0 Å². The highest BCUT2D eigenvalue weighted by Crippen LogP contribution is 2.31. The standard InChI is InChI=1S/C12H13FN2OS/c1-14-6-12-15-10(7-17-12)9-5-8(13)3-4-11(9)16-2/h3-5,7,14H,6H2,1-2H3. The third-order valence-corrected chi connectivity index (χ3v) is 3.17. The minimum Gasteiger partial charge on any atom is -0.496 e. The van der Waals surface area contributed by atoms with Crippen LogP contribution in [0.5, 0.6) is 5.75 Å². The number of aromatic nitrogens is 1. The monoisotopic (exact) mass is 252 g/mol. The van der Waals surface area contributed by atoms with Crippen molar-refractivity contribution < 1.29 is 9.13 Å². The third kappa shape index (κ3) is 2.62. The topological polar surface area (TPSA) is 34.2 Å². The van der Waals surface area contributed by atoms with Crippen molar-refractivity contribution in [3.05, 3.63) is 34.4 Å². The van der Waals surface area contributed by atoms with Gasteiger partial charge in [0.25, 0.3) is 0 Å². The Bertz CT molecular complexity index is 513. The number of thiazole rings is 1. The minimum absolute atomic E-state index is 0.288. The van der Waals surface area contributed by atoms with Gasteiger partial charge >= 0.3 is 0 Å². The quantitative estimate of drug-likeness (QED) is 0.908. The summed E-state index contributed by atoms with van der Waals surface area (Å²) < 4.78 is 18.4. The van der Waals surface area contributed by atoms with E-state index in [0.717, 1.165) is 10.7 Å². The zero-order chi connectivity index (χ0) is 12.3. The molecule has 5 heteroatoms. The molecule has 0 saturated heterocycles. The molecular weight excluding hydrogens is 239 g/mol. The number of hydrogen-bond acceptors (Lipinski definition) is 4. The molecule has 2 aromatic rings. The predicted molar refractivity (Wildman–Crippen MR) is 66.8 cm³/mol. The molecule has 0 atom stereocenters. The molecule has 0 amide bonds. The van der Waals surface area contributed by atoms with Gasteiger partial charge in [-0.25, -0.2) is 9.37 Å². The van der Waals surface area contributed by atoms with Gasteiger partial charge in [0.05, 0.1) is 12.8 Å². The summed E-state index contributed by atoms with van der Waals surface area (Å²) in [7, 11) is 3.43. The molecule has 1 heterocycles. The van der Waals surface area contributed by atoms with Crippen LogP contribution in [0.1, 0.15) is 5.01 Å². The second-order valence-electron chi connectivity index (χ2n) is 3.50. The van der Waals surface area contributed by atoms with Gasteiger partial charge in [0.15, 0.2) is 0 Å². The first-order valence-electron chi connectivity index (χ1n) is 5.17. The van der Waals surface area contributed by atoms with E-state index in [4.69, 9.17) is 4.74 Å². The Kier molecular flexibility index (Phi) is 3.71. The molecule has 0 radical (unpaired) electrons. The molecule has 17 heavy (non-hydrogen) atoms. The summed E-state index contributed by atoms with van der Waals surface area (Å²) >= 11 is 1.54. The Morgan fingerprint density at radius 2 is 2.29 bits per heavy atom. The normalized spacial score (nSPS) is 10.5. The SMILES string of the molecule is CNCc1nc(-c2cc(F)ccc2OC)cs1. The van der Waals surface area contributed by atoms with Crippen LogP contribution in [0.3, 0.4) is 0 Å². The van der Waals surface area contributed by atoms with Crippen molar-refractivity contribution in [2.45, 2.75) is 6.54 Å². The second-order valence-corrected chi connectivity index (χ2v) is 4.44. The molecule has 1 N–H and O–H groups in total. The molecular formula is C12H13FN2OS. The Hall–Kier alpha value is -1.46. The Labute approximate surface area is 103 Å². The second kappa shape index (κ2) is 5.25. The fourth-order valence-electron chi connectivity index (χ4n) is 1.55. The van der Waals surface area contributed by atoms with E-state index in [9.17, 15) is 4.39 Å². The van der Waals surface area contributed by atoms with Gasteiger partial charge in [-0.15, -0.1) is 11.3 Å². The van der Waals surface area contributed by atoms with E-state index < -0.39 is 0 Å². The molecule has 0 saturated carbocycles. The molecule has 2 rings (SSSR count). The first-order valence-corrected chi connectivity index (χ1v) is 6.05. The molecule has 0 aliphatic carbocycles. The zero-order valence-corrected chi connectivity index (χ0v) is 10.5. The largest absolute Gasteiger partial charge is 0.496 e. The first-order chi connectivity index (χ1) is 8.24. The Morgan fingerprint density at radius 1 is 1.47 bits per heavy atom. The Balaban J connectivity index is 2.40. The van der Waals surface area contributed by atoms with Crippen LogP contribution in [0.25, 0.3) is 11.3 Å². The number of ether oxygens (including phenoxy) is 1. The lowest BCUT2D eigenvalue weighted by Gasteiger charge is -2.05. The van der Waals surface area contributed by atoms with Gasteiger partial charge in [-0.2, -0.15) is 0 Å². The lowest BCUT2D eigenvalue weighted by molar-refractivity contribution is 0.415. The summed E-state index contributed by atoms with van der Waals surface area (Å²) in [5.74, 6) is 0.344. The molecule has 1 aromatic heterocycles. The molecule has 0 bridgehead atoms. The van der Waals surface area contributed by atoms with Gasteiger partial charge < -0.3 is 10.1 Å². The zero-order valence-electron chi connectivity index (χ0n) is 9.66. The van der Waals surface area contributed by atoms with Gasteiger partial charge in [-0.3, -0.25) is 0 Å². The molecule has 0 fully saturated rings. The van der Waals surface area contributed by atoms with Crippen molar-refractivity contribution in [2.24, 2.45) is 0 Å². The van der Waals surface area contributed by atoms with E-state index in [2.05, 4.69) is 10.3 Å². The fraction of sp³-hybridized carbons (Fsp3) is 0.250. The van der Waals surface area contributed by atoms with E-state index in [1.165, 1.54) is 12.1 Å². The average molecular weight is 252 g/mol. The minimum atomic E-state index is -0.288. The van der Waals surface area contributed by atoms with E-state index in [0.29, 0.717) is 17.9 Å². The molecule has 0 spiro atoms. The lowest BCUT2D eigenvalue weighted by Crippen LogP contribution is -2.04. The number of methoxy groups -OCH3 is 1. The molecule has 0 aliphatic rings. The van der Waals surface area contributed by atoms with Crippen molar-refractivity contribution >= 4 is 11.3 Å². The van der Waals surface area contributed by atoms with Gasteiger partial charge in [0, 0.05) is 17.5 Å². The van der Waals surface area contributed by atoms with Crippen LogP contribution >= 0.6 is 11.3 Å². The molecule has 3 nitrogen and oxygen atoms in total. The summed E-state index contributed by atoms with van der Waals surface area (Å²) in [5, 5.41) is 5.90. The summed E-state index contributed by atoms with van der Waals surface area (Å²) in [6.07, 6.45) is 0. The Morgan fingerprint density at radius 3 is 3.00 bits per heavy atom. The summed E-state index contributed by atoms with van der Waals surface area (Å²) in [6.45, 7) is 0.711. The van der Waals surface area contributed by atoms with Crippen molar-refractivity contribution in [1.82, 2.24) is 10.3 Å². The molecule has 90 valence electrons. The van der Waals surface area contributed by atoms with Crippen molar-refractivity contribution in [2.75, 3.05) is 14.2 Å². The maximum atomic E-state index is 13.2. The smallest absolute Gasteiger partial charge is 0.128 e. The van der Waals surface area contributed by atoms with Gasteiger partial charge in [-0.05, 0) is 25.2 Å². The maximum Gasteiger partial charge on any atom is 0.128 e. The van der Waals surface area contributed by atoms with Crippen LogP contribution in [-0.4, -0.2) is 19.1 Å². The molecule has 0 unspecified atom stereocenters. The average Bonchev–Trinajstić information content (AvgIpc) is 2.78. The summed E-state index contributed by atoms with van der Waals surface area (Å²) in [6, 6.07) is 4.43. The van der Waals surface area contributed by atoms with E-state index in [1.807, 2.05) is 12.4 Å². The molecule has 0 aliphatic heterocycles. The summed E-state index contributed by atoms with van der Waals surface area (Å²) in [4.78, 5) is 4.43. The van der Waals surface area contributed by atoms with Gasteiger partial charge in [-0.1, -0.05) is 0 Å². The van der Waals surface area contributed by atoms with E-state index >= 15 is 0 Å². The maximum absolute atomic E-state index is 13.2. The van der Waals surface area contributed by atoms with Crippen LogP contribution in [0.4, 0.5) is 4.39 Å². The van der Waals surface area contributed by atoms with Crippen LogP contribution in [0.15, 0.2) is 23.6 Å². The first kappa shape index (κ1) is 12.0. The van der Waals surface area contributed by atoms with Crippen LogP contribution < -0.4 is 10.1 Å². The van der Waals surface area contributed by atoms with Crippen molar-refractivity contribution in [3.63, 3.8) is 0 Å². The number of benzene rings is 1. The number of nitrogens with zero attached hydrogens (tertiary/aromatic N) is 1. The van der Waals surface area contributed by atoms with Crippen LogP contribution in [0, 0.1) is 5.82 Å². The number of rotatable bonds is 4. The highest BCUT2D eigenvalue weighted by atomic mass is 32.1. The van der Waals surface area contributed by atoms with E-state index in [-0.39, 0.29) is 5.82 Å². The number of halogens is 1.